The molecule has 80 valence electrons. The van der Waals surface area contributed by atoms with Crippen LogP contribution in [0.1, 0.15) is 22.8 Å². The molecule has 0 saturated heterocycles. The maximum Gasteiger partial charge on any atom is 0.338 e. The lowest BCUT2D eigenvalue weighted by molar-refractivity contribution is 0.0526. The van der Waals surface area contributed by atoms with E-state index >= 15 is 0 Å². The molecule has 0 aliphatic carbocycles. The maximum atomic E-state index is 11.3. The van der Waals surface area contributed by atoms with Crippen LogP contribution in [0.5, 0.6) is 0 Å². The van der Waals surface area contributed by atoms with Crippen LogP contribution in [0.25, 0.3) is 0 Å². The molecular weight excluding hydrogens is 212 g/mol. The molecule has 0 heterocycles. The number of carbonyl (C=O) groups is 1. The number of esters is 1. The highest BCUT2D eigenvalue weighted by molar-refractivity contribution is 6.29. The molecule has 0 amide bonds. The van der Waals surface area contributed by atoms with Crippen LogP contribution in [0.4, 0.5) is 0 Å². The fraction of sp³-hybridized carbons (Fsp3) is 0.250. The molecule has 2 nitrogen and oxygen atoms in total. The molecule has 1 aromatic carbocycles. The van der Waals surface area contributed by atoms with E-state index in [9.17, 15) is 4.79 Å². The van der Waals surface area contributed by atoms with Gasteiger partial charge in [0.2, 0.25) is 0 Å². The minimum atomic E-state index is -0.297. The first-order valence-corrected chi connectivity index (χ1v) is 5.10. The number of ether oxygens (including phenoxy) is 1. The van der Waals surface area contributed by atoms with E-state index < -0.39 is 0 Å². The molecule has 0 unspecified atom stereocenters. The number of halogens is 1. The Kier molecular flexibility index (Phi) is 4.37. The maximum absolute atomic E-state index is 11.3. The van der Waals surface area contributed by atoms with Gasteiger partial charge in [-0.2, -0.15) is 0 Å². The van der Waals surface area contributed by atoms with E-state index in [-0.39, 0.29) is 5.97 Å². The zero-order chi connectivity index (χ0) is 11.3. The van der Waals surface area contributed by atoms with E-state index in [1.165, 1.54) is 0 Å². The standard InChI is InChI=1S/C12H13ClO2/c1-3-15-12(14)11-6-4-10(5-7-11)8-9(2)13/h4-7H,2-3,8H2,1H3. The second-order valence-electron chi connectivity index (χ2n) is 3.11. The number of carbonyl (C=O) groups excluding carboxylic acids is 1. The minimum Gasteiger partial charge on any atom is -0.462 e. The van der Waals surface area contributed by atoms with Crippen molar-refractivity contribution in [1.29, 1.82) is 0 Å². The van der Waals surface area contributed by atoms with Crippen molar-refractivity contribution in [3.8, 4) is 0 Å². The molecule has 0 radical (unpaired) electrons. The molecule has 0 N–H and O–H groups in total. The second kappa shape index (κ2) is 5.56. The van der Waals surface area contributed by atoms with Crippen molar-refractivity contribution in [1.82, 2.24) is 0 Å². The third kappa shape index (κ3) is 3.76. The largest absolute Gasteiger partial charge is 0.462 e. The number of allylic oxidation sites excluding steroid dienone is 1. The Morgan fingerprint density at radius 2 is 2.00 bits per heavy atom. The molecule has 15 heavy (non-hydrogen) atoms. The van der Waals surface area contributed by atoms with Crippen molar-refractivity contribution in [3.63, 3.8) is 0 Å². The van der Waals surface area contributed by atoms with Crippen molar-refractivity contribution >= 4 is 17.6 Å². The topological polar surface area (TPSA) is 26.3 Å². The van der Waals surface area contributed by atoms with Gasteiger partial charge in [0.1, 0.15) is 0 Å². The van der Waals surface area contributed by atoms with Gasteiger partial charge in [0.05, 0.1) is 12.2 Å². The van der Waals surface area contributed by atoms with Crippen LogP contribution < -0.4 is 0 Å². The van der Waals surface area contributed by atoms with Gasteiger partial charge in [-0.15, -0.1) is 0 Å². The summed E-state index contributed by atoms with van der Waals surface area (Å²) < 4.78 is 4.87. The molecule has 0 bridgehead atoms. The van der Waals surface area contributed by atoms with Crippen LogP contribution in [0, 0.1) is 0 Å². The number of hydrogen-bond donors (Lipinski definition) is 0. The van der Waals surface area contributed by atoms with Gasteiger partial charge in [0, 0.05) is 11.5 Å². The summed E-state index contributed by atoms with van der Waals surface area (Å²) in [6.07, 6.45) is 0.616. The molecule has 0 aliphatic rings. The number of benzene rings is 1. The summed E-state index contributed by atoms with van der Waals surface area (Å²) in [6.45, 7) is 5.78. The van der Waals surface area contributed by atoms with E-state index in [0.717, 1.165) is 5.56 Å². The molecule has 1 aromatic rings. The summed E-state index contributed by atoms with van der Waals surface area (Å²) in [5.74, 6) is -0.297. The Bertz CT molecular complexity index is 354. The van der Waals surface area contributed by atoms with Gasteiger partial charge in [0.25, 0.3) is 0 Å². The number of hydrogen-bond acceptors (Lipinski definition) is 2. The Labute approximate surface area is 94.5 Å². The van der Waals surface area contributed by atoms with E-state index in [1.807, 2.05) is 12.1 Å². The predicted molar refractivity (Wildman–Crippen MR) is 61.1 cm³/mol. The summed E-state index contributed by atoms with van der Waals surface area (Å²) >= 11 is 5.68. The average Bonchev–Trinajstić information content (AvgIpc) is 2.18. The zero-order valence-corrected chi connectivity index (χ0v) is 9.38. The van der Waals surface area contributed by atoms with Crippen molar-refractivity contribution in [2.75, 3.05) is 6.61 Å². The van der Waals surface area contributed by atoms with Crippen LogP contribution in [-0.2, 0) is 11.2 Å². The highest BCUT2D eigenvalue weighted by Gasteiger charge is 2.05. The summed E-state index contributed by atoms with van der Waals surface area (Å²) in [7, 11) is 0. The quantitative estimate of drug-likeness (QED) is 0.735. The molecule has 0 aromatic heterocycles. The average molecular weight is 225 g/mol. The smallest absolute Gasteiger partial charge is 0.338 e. The van der Waals surface area contributed by atoms with Gasteiger partial charge >= 0.3 is 5.97 Å². The lowest BCUT2D eigenvalue weighted by Gasteiger charge is -2.03. The Morgan fingerprint density at radius 3 is 2.47 bits per heavy atom. The van der Waals surface area contributed by atoms with Gasteiger partial charge in [0.15, 0.2) is 0 Å². The van der Waals surface area contributed by atoms with Crippen molar-refractivity contribution in [2.45, 2.75) is 13.3 Å². The normalized spacial score (nSPS) is 9.73. The lowest BCUT2D eigenvalue weighted by atomic mass is 10.1. The minimum absolute atomic E-state index is 0.297. The highest BCUT2D eigenvalue weighted by atomic mass is 35.5. The van der Waals surface area contributed by atoms with Gasteiger partial charge < -0.3 is 4.74 Å². The molecular formula is C12H13ClO2. The lowest BCUT2D eigenvalue weighted by Crippen LogP contribution is -2.04. The Balaban J connectivity index is 2.71. The molecule has 0 spiro atoms. The highest BCUT2D eigenvalue weighted by Crippen LogP contribution is 2.11. The van der Waals surface area contributed by atoms with Gasteiger partial charge in [-0.25, -0.2) is 4.79 Å². The van der Waals surface area contributed by atoms with Gasteiger partial charge in [-0.1, -0.05) is 30.3 Å². The van der Waals surface area contributed by atoms with Crippen LogP contribution in [0.3, 0.4) is 0 Å². The monoisotopic (exact) mass is 224 g/mol. The second-order valence-corrected chi connectivity index (χ2v) is 3.65. The summed E-state index contributed by atoms with van der Waals surface area (Å²) in [6, 6.07) is 7.15. The molecule has 0 fully saturated rings. The van der Waals surface area contributed by atoms with Crippen LogP contribution in [0.2, 0.25) is 0 Å². The van der Waals surface area contributed by atoms with Crippen molar-refractivity contribution < 1.29 is 9.53 Å². The SMILES string of the molecule is C=C(Cl)Cc1ccc(C(=O)OCC)cc1. The third-order valence-electron chi connectivity index (χ3n) is 1.86. The number of rotatable bonds is 4. The fourth-order valence-electron chi connectivity index (χ4n) is 1.19. The molecule has 0 atom stereocenters. The molecule has 3 heteroatoms. The Hall–Kier alpha value is -1.28. The van der Waals surface area contributed by atoms with E-state index in [4.69, 9.17) is 16.3 Å². The van der Waals surface area contributed by atoms with E-state index in [1.54, 1.807) is 19.1 Å². The van der Waals surface area contributed by atoms with Crippen molar-refractivity contribution in [2.24, 2.45) is 0 Å². The van der Waals surface area contributed by atoms with Crippen LogP contribution in [0.15, 0.2) is 35.9 Å². The van der Waals surface area contributed by atoms with E-state index in [2.05, 4.69) is 6.58 Å². The first-order chi connectivity index (χ1) is 7.13. The van der Waals surface area contributed by atoms with Crippen molar-refractivity contribution in [3.05, 3.63) is 47.0 Å². The summed E-state index contributed by atoms with van der Waals surface area (Å²) in [4.78, 5) is 11.3. The first-order valence-electron chi connectivity index (χ1n) is 4.73. The summed E-state index contributed by atoms with van der Waals surface area (Å²) in [5, 5.41) is 0.582. The van der Waals surface area contributed by atoms with Crippen LogP contribution >= 0.6 is 11.6 Å². The third-order valence-corrected chi connectivity index (χ3v) is 1.99. The molecule has 1 rings (SSSR count). The van der Waals surface area contributed by atoms with Gasteiger partial charge in [-0.3, -0.25) is 0 Å². The fourth-order valence-corrected chi connectivity index (χ4v) is 1.35. The van der Waals surface area contributed by atoms with Crippen LogP contribution in [-0.4, -0.2) is 12.6 Å². The summed E-state index contributed by atoms with van der Waals surface area (Å²) in [5.41, 5.74) is 1.59. The first kappa shape index (κ1) is 11.8. The predicted octanol–water partition coefficient (Wildman–Crippen LogP) is 3.16. The Morgan fingerprint density at radius 1 is 1.40 bits per heavy atom. The molecule has 0 saturated carbocycles. The van der Waals surface area contributed by atoms with E-state index in [0.29, 0.717) is 23.6 Å². The zero-order valence-electron chi connectivity index (χ0n) is 8.63. The van der Waals surface area contributed by atoms with Gasteiger partial charge in [-0.05, 0) is 24.6 Å². The molecule has 0 aliphatic heterocycles.